The second-order valence-electron chi connectivity index (χ2n) is 12.9. The molecule has 0 saturated carbocycles. The molecule has 0 fully saturated rings. The number of carbonyl (C=O) groups excluding carboxylic acids is 3. The van der Waals surface area contributed by atoms with Crippen molar-refractivity contribution >= 4 is 74.8 Å². The molecule has 0 aliphatic heterocycles. The minimum absolute atomic E-state index is 0.0444. The van der Waals surface area contributed by atoms with Crippen molar-refractivity contribution in [1.82, 2.24) is 25.0 Å². The number of benzene rings is 2. The molecular weight excluding hydrogens is 823 g/mol. The number of anilines is 1. The molecule has 2 heterocycles. The third kappa shape index (κ3) is 11.2. The first-order valence-corrected chi connectivity index (χ1v) is 20.0. The maximum atomic E-state index is 14.3. The lowest BCUT2D eigenvalue weighted by atomic mass is 9.94. The van der Waals surface area contributed by atoms with Crippen LogP contribution in [0.5, 0.6) is 0 Å². The van der Waals surface area contributed by atoms with Crippen LogP contribution in [0.15, 0.2) is 42.5 Å². The van der Waals surface area contributed by atoms with Gasteiger partial charge in [-0.1, -0.05) is 23.6 Å². The number of pyridine rings is 1. The predicted octanol–water partition coefficient (Wildman–Crippen LogP) is 4.69. The Bertz CT molecular complexity index is 2310. The molecular formula is C36H34ClF5N6O7S2. The van der Waals surface area contributed by atoms with Crippen LogP contribution in [0.3, 0.4) is 0 Å². The van der Waals surface area contributed by atoms with Gasteiger partial charge in [0.05, 0.1) is 34.1 Å². The summed E-state index contributed by atoms with van der Waals surface area (Å²) in [5.74, 6) is 0.835. The third-order valence-electron chi connectivity index (χ3n) is 8.32. The summed E-state index contributed by atoms with van der Waals surface area (Å²) < 4.78 is 96.6. The summed E-state index contributed by atoms with van der Waals surface area (Å²) in [6.45, 7) is 0.219. The van der Waals surface area contributed by atoms with E-state index >= 15 is 0 Å². The van der Waals surface area contributed by atoms with Gasteiger partial charge in [0, 0.05) is 47.0 Å². The van der Waals surface area contributed by atoms with Crippen LogP contribution in [0.2, 0.25) is 5.02 Å². The first-order chi connectivity index (χ1) is 26.6. The maximum absolute atomic E-state index is 14.3. The summed E-state index contributed by atoms with van der Waals surface area (Å²) in [6.07, 6.45) is -2.84. The SMILES string of the molecule is CS(=O)N(C(=O)CN(C=O)CCC(=O)O)c1nn(CC(F)(F)F)c2c(-c3ccc(C#CC(C)(C)S(C)=O)nc3C(Cc3cc(F)cc(F)c3)NC=O)ccc(Cl)c12. The lowest BCUT2D eigenvalue weighted by molar-refractivity contribution is -0.142. The van der Waals surface area contributed by atoms with Crippen LogP contribution >= 0.6 is 11.6 Å². The fourth-order valence-corrected chi connectivity index (χ4v) is 6.69. The van der Waals surface area contributed by atoms with E-state index in [0.717, 1.165) is 23.3 Å². The van der Waals surface area contributed by atoms with Gasteiger partial charge in [-0.25, -0.2) is 22.3 Å². The highest BCUT2D eigenvalue weighted by Crippen LogP contribution is 2.42. The van der Waals surface area contributed by atoms with E-state index in [4.69, 9.17) is 16.7 Å². The minimum atomic E-state index is -4.93. The first-order valence-electron chi connectivity index (χ1n) is 16.5. The van der Waals surface area contributed by atoms with Gasteiger partial charge in [-0.05, 0) is 62.1 Å². The van der Waals surface area contributed by atoms with Crippen LogP contribution in [-0.4, -0.2) is 94.4 Å². The first kappa shape index (κ1) is 44.5. The van der Waals surface area contributed by atoms with Gasteiger partial charge >= 0.3 is 12.1 Å². The minimum Gasteiger partial charge on any atom is -0.481 e. The van der Waals surface area contributed by atoms with E-state index in [1.165, 1.54) is 30.5 Å². The molecule has 2 N–H and O–H groups in total. The molecule has 0 bridgehead atoms. The number of carboxylic acids is 1. The highest BCUT2D eigenvalue weighted by atomic mass is 35.5. The normalized spacial score (nSPS) is 13.2. The molecule has 0 aliphatic rings. The highest BCUT2D eigenvalue weighted by Gasteiger charge is 2.35. The zero-order chi connectivity index (χ0) is 42.4. The summed E-state index contributed by atoms with van der Waals surface area (Å²) in [4.78, 5) is 53.7. The van der Waals surface area contributed by atoms with Crippen LogP contribution in [0.4, 0.5) is 27.8 Å². The average molecular weight is 857 g/mol. The number of hydrogen-bond donors (Lipinski definition) is 2. The molecule has 21 heteroatoms. The zero-order valence-electron chi connectivity index (χ0n) is 30.5. The number of alkyl halides is 3. The Morgan fingerprint density at radius 3 is 2.26 bits per heavy atom. The molecule has 2 aromatic carbocycles. The van der Waals surface area contributed by atoms with E-state index in [1.54, 1.807) is 13.8 Å². The number of hydrogen-bond acceptors (Lipinski definition) is 8. The van der Waals surface area contributed by atoms with Crippen molar-refractivity contribution in [2.45, 2.75) is 50.2 Å². The molecule has 3 unspecified atom stereocenters. The van der Waals surface area contributed by atoms with Crippen molar-refractivity contribution in [1.29, 1.82) is 0 Å². The average Bonchev–Trinajstić information content (AvgIpc) is 3.46. The fourth-order valence-electron chi connectivity index (χ4n) is 5.54. The number of carboxylic acid groups (broad SMARTS) is 1. The van der Waals surface area contributed by atoms with Gasteiger partial charge in [0.25, 0.3) is 5.91 Å². The van der Waals surface area contributed by atoms with E-state index in [1.807, 2.05) is 0 Å². The number of aromatic nitrogens is 3. The zero-order valence-corrected chi connectivity index (χ0v) is 32.9. The maximum Gasteiger partial charge on any atom is 0.408 e. The van der Waals surface area contributed by atoms with Gasteiger partial charge in [0.15, 0.2) is 5.82 Å². The number of halogens is 6. The van der Waals surface area contributed by atoms with Crippen LogP contribution in [0.1, 0.15) is 43.3 Å². The monoisotopic (exact) mass is 856 g/mol. The number of rotatable bonds is 16. The molecule has 2 aromatic heterocycles. The van der Waals surface area contributed by atoms with E-state index in [0.29, 0.717) is 15.1 Å². The summed E-state index contributed by atoms with van der Waals surface area (Å²) in [5.41, 5.74) is -0.276. The van der Waals surface area contributed by atoms with Gasteiger partial charge in [-0.2, -0.15) is 18.3 Å². The molecule has 0 radical (unpaired) electrons. The molecule has 0 spiro atoms. The van der Waals surface area contributed by atoms with Crippen molar-refractivity contribution in [2.75, 3.05) is 29.9 Å². The standard InChI is InChI=1S/C36H34ClF5N6O7S2/c1-35(2,56(3)54)11-9-24-5-6-25(32(44-24)28(43-19-49)15-21-13-22(38)16-23(39)14-21)26-7-8-27(37)31-33(26)47(18-36(40,41)42)45-34(31)48(57(4)55)29(51)17-46(20-50)12-10-30(52)53/h5-8,13-14,16,19-20,28H,10,12,15,17-18H2,1-4H3,(H,43,49)(H,52,53). The number of nitrogens with zero attached hydrogens (tertiary/aromatic N) is 5. The molecule has 304 valence electrons. The van der Waals surface area contributed by atoms with Gasteiger partial charge in [-0.15, -0.1) is 0 Å². The predicted molar refractivity (Wildman–Crippen MR) is 202 cm³/mol. The van der Waals surface area contributed by atoms with Crippen LogP contribution in [0.25, 0.3) is 22.0 Å². The largest absolute Gasteiger partial charge is 0.481 e. The van der Waals surface area contributed by atoms with E-state index < -0.39 is 94.1 Å². The van der Waals surface area contributed by atoms with E-state index in [9.17, 15) is 49.5 Å². The van der Waals surface area contributed by atoms with Gasteiger partial charge in [0.1, 0.15) is 46.2 Å². The van der Waals surface area contributed by atoms with Crippen molar-refractivity contribution < 1.29 is 54.7 Å². The Balaban J connectivity index is 2.06. The number of carbonyl (C=O) groups is 4. The molecule has 4 rings (SSSR count). The molecule has 57 heavy (non-hydrogen) atoms. The van der Waals surface area contributed by atoms with Crippen molar-refractivity contribution in [3.8, 4) is 23.0 Å². The number of fused-ring (bicyclic) bond motifs is 1. The number of amides is 3. The molecule has 0 saturated heterocycles. The van der Waals surface area contributed by atoms with Gasteiger partial charge < -0.3 is 15.3 Å². The molecule has 0 aliphatic carbocycles. The van der Waals surface area contributed by atoms with Crippen molar-refractivity contribution in [2.24, 2.45) is 0 Å². The highest BCUT2D eigenvalue weighted by molar-refractivity contribution is 7.86. The topological polar surface area (TPSA) is 172 Å². The van der Waals surface area contributed by atoms with Crippen LogP contribution < -0.4 is 9.62 Å². The second-order valence-corrected chi connectivity index (χ2v) is 16.5. The quantitative estimate of drug-likeness (QED) is 0.0922. The summed E-state index contributed by atoms with van der Waals surface area (Å²) in [6, 6.07) is 6.83. The Labute approximate surface area is 332 Å². The number of nitrogens with one attached hydrogen (secondary N) is 1. The summed E-state index contributed by atoms with van der Waals surface area (Å²) in [5, 5.41) is 15.1. The Hall–Kier alpha value is -5.26. The third-order valence-corrected chi connectivity index (χ3v) is 11.1. The Morgan fingerprint density at radius 2 is 1.70 bits per heavy atom. The summed E-state index contributed by atoms with van der Waals surface area (Å²) in [7, 11) is -3.76. The van der Waals surface area contributed by atoms with Crippen molar-refractivity contribution in [3.63, 3.8) is 0 Å². The molecule has 3 atom stereocenters. The summed E-state index contributed by atoms with van der Waals surface area (Å²) >= 11 is 6.61. The lowest BCUT2D eigenvalue weighted by Gasteiger charge is -2.22. The van der Waals surface area contributed by atoms with Gasteiger partial charge in [0.2, 0.25) is 12.8 Å². The van der Waals surface area contributed by atoms with Crippen LogP contribution in [0, 0.1) is 23.5 Å². The van der Waals surface area contributed by atoms with Crippen LogP contribution in [-0.2, 0) is 53.9 Å². The fraction of sp³-hybridized carbons (Fsp3) is 0.333. The molecule has 3 amide bonds. The molecule has 4 aromatic rings. The second kappa shape index (κ2) is 18.3. The Kier molecular flexibility index (Phi) is 14.3. The van der Waals surface area contributed by atoms with Crippen molar-refractivity contribution in [3.05, 3.63) is 76.1 Å². The van der Waals surface area contributed by atoms with Gasteiger partial charge in [-0.3, -0.25) is 28.1 Å². The van der Waals surface area contributed by atoms with E-state index in [-0.39, 0.29) is 63.2 Å². The Morgan fingerprint density at radius 1 is 1.05 bits per heavy atom. The number of aliphatic carboxylic acids is 1. The smallest absolute Gasteiger partial charge is 0.408 e. The molecule has 13 nitrogen and oxygen atoms in total. The van der Waals surface area contributed by atoms with E-state index in [2.05, 4.69) is 27.2 Å². The lowest BCUT2D eigenvalue weighted by Crippen LogP contribution is -2.41.